The van der Waals surface area contributed by atoms with Crippen LogP contribution in [-0.4, -0.2) is 11.4 Å². The summed E-state index contributed by atoms with van der Waals surface area (Å²) in [5.41, 5.74) is 18.1. The number of benzene rings is 8. The second-order valence-corrected chi connectivity index (χ2v) is 20.4. The highest BCUT2D eigenvalue weighted by molar-refractivity contribution is 7.26. The second kappa shape index (κ2) is 12.1. The van der Waals surface area contributed by atoms with Crippen molar-refractivity contribution >= 4 is 104 Å². The fourth-order valence-corrected chi connectivity index (χ4v) is 11.8. The molecular formula is C56H43BN2OS. The average molecular weight is 803 g/mol. The van der Waals surface area contributed by atoms with Crippen LogP contribution in [0, 0.1) is 0 Å². The predicted molar refractivity (Wildman–Crippen MR) is 263 cm³/mol. The number of thiophene rings is 1. The van der Waals surface area contributed by atoms with E-state index in [9.17, 15) is 0 Å². The Kier molecular flexibility index (Phi) is 6.96. The largest absolute Gasteiger partial charge is 0.455 e. The molecule has 11 aromatic rings. The first-order valence-electron chi connectivity index (χ1n) is 21.5. The van der Waals surface area contributed by atoms with Crippen LogP contribution in [-0.2, 0) is 10.8 Å². The van der Waals surface area contributed by atoms with Gasteiger partial charge in [-0.25, -0.2) is 0 Å². The molecule has 0 radical (unpaired) electrons. The van der Waals surface area contributed by atoms with Gasteiger partial charge in [0.25, 0.3) is 0 Å². The van der Waals surface area contributed by atoms with Crippen LogP contribution >= 0.6 is 11.3 Å². The van der Waals surface area contributed by atoms with Crippen LogP contribution in [0.4, 0.5) is 11.4 Å². The molecule has 3 nitrogen and oxygen atoms in total. The Morgan fingerprint density at radius 3 is 2.02 bits per heavy atom. The van der Waals surface area contributed by atoms with Crippen molar-refractivity contribution in [3.8, 4) is 27.9 Å². The summed E-state index contributed by atoms with van der Waals surface area (Å²) in [6, 6.07) is 57.1. The van der Waals surface area contributed by atoms with Crippen molar-refractivity contribution < 1.29 is 4.42 Å². The molecule has 61 heavy (non-hydrogen) atoms. The molecule has 0 saturated heterocycles. The van der Waals surface area contributed by atoms with Gasteiger partial charge in [0.2, 0.25) is 0 Å². The molecule has 0 fully saturated rings. The Labute approximate surface area is 359 Å². The van der Waals surface area contributed by atoms with Crippen LogP contribution in [0.5, 0.6) is 0 Å². The molecule has 5 heterocycles. The van der Waals surface area contributed by atoms with Gasteiger partial charge >= 0.3 is 6.85 Å². The van der Waals surface area contributed by atoms with E-state index in [1.54, 1.807) is 0 Å². The molecule has 0 bridgehead atoms. The zero-order valence-electron chi connectivity index (χ0n) is 35.2. The van der Waals surface area contributed by atoms with Crippen molar-refractivity contribution in [2.24, 2.45) is 0 Å². The predicted octanol–water partition coefficient (Wildman–Crippen LogP) is 14.6. The molecule has 2 aliphatic heterocycles. The SMILES string of the molecule is CC(C)(C)c1ccc2c(c1)-c1c3c4c(c5cc(C(C)(C)C)ccc5n4-c4cc5c(cc4B3N2c2ccc(-c3ccccc3)cc2)sc2ccccc25)c2c1oc1ccccc12. The summed E-state index contributed by atoms with van der Waals surface area (Å²) < 4.78 is 12.5. The van der Waals surface area contributed by atoms with Crippen LogP contribution < -0.4 is 15.7 Å². The average Bonchev–Trinajstić information content (AvgIpc) is 3.94. The number of anilines is 2. The van der Waals surface area contributed by atoms with Gasteiger partial charge < -0.3 is 13.8 Å². The highest BCUT2D eigenvalue weighted by atomic mass is 32.1. The van der Waals surface area contributed by atoms with Gasteiger partial charge in [-0.05, 0) is 105 Å². The maximum absolute atomic E-state index is 7.25. The minimum Gasteiger partial charge on any atom is -0.455 e. The lowest BCUT2D eigenvalue weighted by Gasteiger charge is -2.42. The van der Waals surface area contributed by atoms with E-state index in [0.717, 1.165) is 16.6 Å². The van der Waals surface area contributed by atoms with E-state index in [1.807, 2.05) is 11.3 Å². The fourth-order valence-electron chi connectivity index (χ4n) is 10.7. The van der Waals surface area contributed by atoms with Gasteiger partial charge in [-0.1, -0.05) is 133 Å². The Morgan fingerprint density at radius 2 is 1.23 bits per heavy atom. The lowest BCUT2D eigenvalue weighted by Crippen LogP contribution is -2.60. The van der Waals surface area contributed by atoms with Gasteiger partial charge in [-0.2, -0.15) is 0 Å². The Balaban J connectivity index is 1.25. The first-order chi connectivity index (χ1) is 29.5. The zero-order valence-corrected chi connectivity index (χ0v) is 36.0. The molecule has 13 rings (SSSR count). The van der Waals surface area contributed by atoms with E-state index in [2.05, 4.69) is 203 Å². The van der Waals surface area contributed by atoms with Crippen molar-refractivity contribution in [2.45, 2.75) is 52.4 Å². The molecule has 2 aliphatic rings. The normalized spacial score (nSPS) is 13.7. The third kappa shape index (κ3) is 4.81. The van der Waals surface area contributed by atoms with Crippen LogP contribution in [0.15, 0.2) is 156 Å². The van der Waals surface area contributed by atoms with Gasteiger partial charge in [-0.15, -0.1) is 11.3 Å². The Bertz CT molecular complexity index is 3670. The number of para-hydroxylation sites is 1. The third-order valence-corrected chi connectivity index (χ3v) is 14.8. The van der Waals surface area contributed by atoms with Crippen molar-refractivity contribution in [1.82, 2.24) is 4.57 Å². The minimum atomic E-state index is -0.130. The molecule has 0 N–H and O–H groups in total. The summed E-state index contributed by atoms with van der Waals surface area (Å²) in [4.78, 5) is 2.65. The van der Waals surface area contributed by atoms with Crippen LogP contribution in [0.3, 0.4) is 0 Å². The van der Waals surface area contributed by atoms with Crippen LogP contribution in [0.25, 0.3) is 91.9 Å². The minimum absolute atomic E-state index is 0.0260. The number of nitrogens with zero attached hydrogens (tertiary/aromatic N) is 2. The summed E-state index contributed by atoms with van der Waals surface area (Å²) in [6.07, 6.45) is 0. The summed E-state index contributed by atoms with van der Waals surface area (Å²) in [5.74, 6) is 0. The molecule has 0 aliphatic carbocycles. The molecule has 5 heteroatoms. The van der Waals surface area contributed by atoms with Gasteiger partial charge in [0, 0.05) is 69.9 Å². The summed E-state index contributed by atoms with van der Waals surface area (Å²) in [5, 5.41) is 7.54. The molecule has 292 valence electrons. The standard InChI is InChI=1S/C56H43BN2OS/c1-55(2,3)34-22-26-43-40(28-34)49-50-38-17-10-12-18-46(38)60-54(50)51-41-29-35(56(4,5)6)23-27-44(41)59(36-24-20-33(21-25-36)32-14-8-7-9-15-32)57-42-31-48-39(37-16-11-13-19-47(37)61-48)30-45(42)58(43)53(49)52(51)57/h7-31H,1-6H3. The smallest absolute Gasteiger partial charge is 0.333 e. The maximum Gasteiger partial charge on any atom is 0.333 e. The van der Waals surface area contributed by atoms with Crippen molar-refractivity contribution in [1.29, 1.82) is 0 Å². The van der Waals surface area contributed by atoms with E-state index in [1.165, 1.54) is 109 Å². The number of aromatic nitrogens is 1. The number of hydrogen-bond acceptors (Lipinski definition) is 3. The van der Waals surface area contributed by atoms with Gasteiger partial charge in [0.05, 0.1) is 11.0 Å². The number of hydrogen-bond donors (Lipinski definition) is 0. The zero-order chi connectivity index (χ0) is 41.1. The molecular weight excluding hydrogens is 760 g/mol. The summed E-state index contributed by atoms with van der Waals surface area (Å²) >= 11 is 1.90. The quantitative estimate of drug-likeness (QED) is 0.162. The van der Waals surface area contributed by atoms with Crippen LogP contribution in [0.1, 0.15) is 52.7 Å². The monoisotopic (exact) mass is 802 g/mol. The number of furan rings is 1. The van der Waals surface area contributed by atoms with E-state index in [0.29, 0.717) is 0 Å². The Hall–Kier alpha value is -6.56. The molecule has 0 spiro atoms. The first kappa shape index (κ1) is 35.2. The lowest BCUT2D eigenvalue weighted by molar-refractivity contribution is 0.590. The van der Waals surface area contributed by atoms with Crippen molar-refractivity contribution in [3.63, 3.8) is 0 Å². The van der Waals surface area contributed by atoms with E-state index in [-0.39, 0.29) is 17.7 Å². The highest BCUT2D eigenvalue weighted by Gasteiger charge is 2.46. The van der Waals surface area contributed by atoms with Gasteiger partial charge in [-0.3, -0.25) is 0 Å². The second-order valence-electron chi connectivity index (χ2n) is 19.3. The maximum atomic E-state index is 7.25. The molecule has 0 saturated carbocycles. The fraction of sp³-hybridized carbons (Fsp3) is 0.143. The summed E-state index contributed by atoms with van der Waals surface area (Å²) in [7, 11) is 0. The Morgan fingerprint density at radius 1 is 0.541 bits per heavy atom. The molecule has 0 atom stereocenters. The van der Waals surface area contributed by atoms with E-state index in [4.69, 9.17) is 4.42 Å². The van der Waals surface area contributed by atoms with Crippen LogP contribution in [0.2, 0.25) is 0 Å². The van der Waals surface area contributed by atoms with Gasteiger partial charge in [0.15, 0.2) is 0 Å². The number of fused-ring (bicyclic) bond motifs is 16. The highest BCUT2D eigenvalue weighted by Crippen LogP contribution is 2.52. The third-order valence-electron chi connectivity index (χ3n) is 13.7. The van der Waals surface area contributed by atoms with Crippen molar-refractivity contribution in [3.05, 3.63) is 163 Å². The van der Waals surface area contributed by atoms with Gasteiger partial charge in [0.1, 0.15) is 11.2 Å². The van der Waals surface area contributed by atoms with E-state index >= 15 is 0 Å². The number of rotatable bonds is 2. The molecule has 3 aromatic heterocycles. The topological polar surface area (TPSA) is 21.3 Å². The molecule has 8 aromatic carbocycles. The lowest BCUT2D eigenvalue weighted by atomic mass is 9.43. The molecule has 0 unspecified atom stereocenters. The summed E-state index contributed by atoms with van der Waals surface area (Å²) in [6.45, 7) is 13.8. The first-order valence-corrected chi connectivity index (χ1v) is 22.4. The molecule has 0 amide bonds. The van der Waals surface area contributed by atoms with E-state index < -0.39 is 0 Å². The van der Waals surface area contributed by atoms with Crippen molar-refractivity contribution in [2.75, 3.05) is 4.81 Å².